The molecule has 0 spiro atoms. The van der Waals surface area contributed by atoms with Crippen LogP contribution in [0.15, 0.2) is 72.2 Å². The fraction of sp³-hybridized carbons (Fsp3) is 0.211. The van der Waals surface area contributed by atoms with Crippen LogP contribution in [0, 0.1) is 5.82 Å². The fourth-order valence-corrected chi connectivity index (χ4v) is 2.85. The van der Waals surface area contributed by atoms with Crippen LogP contribution >= 0.6 is 11.8 Å². The van der Waals surface area contributed by atoms with Crippen molar-refractivity contribution in [1.82, 2.24) is 4.90 Å². The van der Waals surface area contributed by atoms with Gasteiger partial charge in [0, 0.05) is 18.7 Å². The third kappa shape index (κ3) is 5.25. The third-order valence-electron chi connectivity index (χ3n) is 3.34. The van der Waals surface area contributed by atoms with E-state index in [1.807, 2.05) is 36.6 Å². The molecule has 0 aliphatic carbocycles. The van der Waals surface area contributed by atoms with E-state index in [0.717, 1.165) is 5.17 Å². The number of thioether (sulfide) groups is 1. The molecule has 0 aliphatic heterocycles. The highest BCUT2D eigenvalue weighted by Gasteiger charge is 2.14. The van der Waals surface area contributed by atoms with Gasteiger partial charge in [-0.05, 0) is 17.9 Å². The third-order valence-corrected chi connectivity index (χ3v) is 4.10. The first-order valence-corrected chi connectivity index (χ1v) is 8.68. The molecule has 0 fully saturated rings. The van der Waals surface area contributed by atoms with Crippen LogP contribution in [0.4, 0.5) is 4.39 Å². The van der Waals surface area contributed by atoms with Gasteiger partial charge in [0.25, 0.3) is 0 Å². The highest BCUT2D eigenvalue weighted by molar-refractivity contribution is 8.13. The summed E-state index contributed by atoms with van der Waals surface area (Å²) >= 11 is 1.57. The number of hydrogen-bond acceptors (Lipinski definition) is 2. The van der Waals surface area contributed by atoms with Gasteiger partial charge in [-0.2, -0.15) is 0 Å². The number of halogens is 1. The summed E-state index contributed by atoms with van der Waals surface area (Å²) in [5, 5.41) is 0.886. The van der Waals surface area contributed by atoms with Gasteiger partial charge in [-0.15, -0.1) is 6.58 Å². The van der Waals surface area contributed by atoms with E-state index in [1.54, 1.807) is 23.9 Å². The zero-order chi connectivity index (χ0) is 16.5. The molecule has 0 bridgehead atoms. The average molecular weight is 328 g/mol. The Morgan fingerprint density at radius 2 is 1.83 bits per heavy atom. The molecule has 4 heteroatoms. The van der Waals surface area contributed by atoms with Gasteiger partial charge in [0.1, 0.15) is 5.82 Å². The first-order chi connectivity index (χ1) is 11.2. The van der Waals surface area contributed by atoms with Gasteiger partial charge >= 0.3 is 0 Å². The maximum Gasteiger partial charge on any atom is 0.159 e. The van der Waals surface area contributed by atoms with E-state index >= 15 is 0 Å². The summed E-state index contributed by atoms with van der Waals surface area (Å²) in [6.07, 6.45) is 3.75. The molecule has 0 radical (unpaired) electrons. The van der Waals surface area contributed by atoms with E-state index < -0.39 is 0 Å². The van der Waals surface area contributed by atoms with E-state index in [9.17, 15) is 4.39 Å². The topological polar surface area (TPSA) is 15.6 Å². The second-order valence-electron chi connectivity index (χ2n) is 5.05. The number of hydrogen-bond donors (Lipinski definition) is 0. The van der Waals surface area contributed by atoms with Crippen LogP contribution in [0.25, 0.3) is 0 Å². The molecular weight excluding hydrogens is 307 g/mol. The lowest BCUT2D eigenvalue weighted by atomic mass is 10.1. The molecule has 2 rings (SSSR count). The van der Waals surface area contributed by atoms with E-state index in [0.29, 0.717) is 25.2 Å². The minimum Gasteiger partial charge on any atom is -0.343 e. The van der Waals surface area contributed by atoms with E-state index in [4.69, 9.17) is 0 Å². The zero-order valence-corrected chi connectivity index (χ0v) is 14.1. The zero-order valence-electron chi connectivity index (χ0n) is 13.3. The monoisotopic (exact) mass is 328 g/mol. The summed E-state index contributed by atoms with van der Waals surface area (Å²) < 4.78 is 14.0. The largest absolute Gasteiger partial charge is 0.343 e. The summed E-state index contributed by atoms with van der Waals surface area (Å²) in [6.45, 7) is 5.44. The number of benzene rings is 2. The molecule has 0 amide bonds. The summed E-state index contributed by atoms with van der Waals surface area (Å²) in [5.74, 6) is -0.185. The van der Waals surface area contributed by atoms with Crippen molar-refractivity contribution >= 4 is 16.9 Å². The normalized spacial score (nSPS) is 11.3. The van der Waals surface area contributed by atoms with Crippen molar-refractivity contribution in [3.05, 3.63) is 84.2 Å². The summed E-state index contributed by atoms with van der Waals surface area (Å²) in [4.78, 5) is 6.65. The first-order valence-electron chi connectivity index (χ1n) is 7.46. The molecule has 0 aliphatic rings. The summed E-state index contributed by atoms with van der Waals surface area (Å²) in [7, 11) is 0. The highest BCUT2D eigenvalue weighted by atomic mass is 32.2. The van der Waals surface area contributed by atoms with Crippen molar-refractivity contribution in [1.29, 1.82) is 0 Å². The lowest BCUT2D eigenvalue weighted by Gasteiger charge is -2.25. The van der Waals surface area contributed by atoms with Gasteiger partial charge in [0.15, 0.2) is 5.17 Å². The van der Waals surface area contributed by atoms with E-state index in [-0.39, 0.29) is 5.82 Å². The molecular formula is C19H21FN2S. The van der Waals surface area contributed by atoms with Crippen molar-refractivity contribution in [3.8, 4) is 0 Å². The molecule has 0 N–H and O–H groups in total. The van der Waals surface area contributed by atoms with Gasteiger partial charge in [0.05, 0.1) is 6.54 Å². The minimum absolute atomic E-state index is 0.185. The van der Waals surface area contributed by atoms with Crippen molar-refractivity contribution in [3.63, 3.8) is 0 Å². The van der Waals surface area contributed by atoms with Crippen LogP contribution in [-0.2, 0) is 13.1 Å². The fourth-order valence-electron chi connectivity index (χ4n) is 2.26. The Kier molecular flexibility index (Phi) is 6.88. The van der Waals surface area contributed by atoms with Gasteiger partial charge < -0.3 is 4.90 Å². The smallest absolute Gasteiger partial charge is 0.159 e. The molecule has 0 heterocycles. The molecule has 0 saturated heterocycles. The molecule has 0 saturated carbocycles. The van der Waals surface area contributed by atoms with Gasteiger partial charge in [-0.1, -0.05) is 66.4 Å². The van der Waals surface area contributed by atoms with Crippen molar-refractivity contribution in [2.75, 3.05) is 12.8 Å². The van der Waals surface area contributed by atoms with Crippen LogP contribution in [0.1, 0.15) is 11.1 Å². The predicted octanol–water partition coefficient (Wildman–Crippen LogP) is 4.73. The van der Waals surface area contributed by atoms with Crippen molar-refractivity contribution in [2.24, 2.45) is 4.99 Å². The quantitative estimate of drug-likeness (QED) is 0.433. The maximum absolute atomic E-state index is 14.0. The Bertz CT molecular complexity index is 655. The standard InChI is InChI=1S/C19H21FN2S/c1-3-13-21-19(23-2)22(14-16-9-5-4-6-10-16)15-17-11-7-8-12-18(17)20/h3-12H,1,13-15H2,2H3. The molecule has 120 valence electrons. The van der Waals surface area contributed by atoms with Crippen LogP contribution in [0.5, 0.6) is 0 Å². The Labute approximate surface area is 141 Å². The van der Waals surface area contributed by atoms with Crippen molar-refractivity contribution in [2.45, 2.75) is 13.1 Å². The number of amidine groups is 1. The number of nitrogens with zero attached hydrogens (tertiary/aromatic N) is 2. The molecule has 0 atom stereocenters. The Morgan fingerprint density at radius 3 is 2.48 bits per heavy atom. The summed E-state index contributed by atoms with van der Waals surface area (Å²) in [6, 6.07) is 17.0. The van der Waals surface area contributed by atoms with Gasteiger partial charge in [-0.25, -0.2) is 4.39 Å². The Morgan fingerprint density at radius 1 is 1.13 bits per heavy atom. The lowest BCUT2D eigenvalue weighted by Crippen LogP contribution is -2.28. The van der Waals surface area contributed by atoms with Gasteiger partial charge in [-0.3, -0.25) is 4.99 Å². The van der Waals surface area contributed by atoms with Crippen molar-refractivity contribution < 1.29 is 4.39 Å². The second kappa shape index (κ2) is 9.16. The van der Waals surface area contributed by atoms with Crippen LogP contribution in [0.3, 0.4) is 0 Å². The van der Waals surface area contributed by atoms with Crippen LogP contribution < -0.4 is 0 Å². The van der Waals surface area contributed by atoms with Crippen LogP contribution in [-0.4, -0.2) is 22.9 Å². The Hall–Kier alpha value is -2.07. The minimum atomic E-state index is -0.185. The average Bonchev–Trinajstić information content (AvgIpc) is 2.58. The molecule has 0 unspecified atom stereocenters. The molecule has 2 nitrogen and oxygen atoms in total. The molecule has 2 aromatic rings. The predicted molar refractivity (Wildman–Crippen MR) is 98.1 cm³/mol. The highest BCUT2D eigenvalue weighted by Crippen LogP contribution is 2.17. The number of aliphatic imine (C=N–C) groups is 1. The van der Waals surface area contributed by atoms with Gasteiger partial charge in [0.2, 0.25) is 0 Å². The van der Waals surface area contributed by atoms with E-state index in [2.05, 4.69) is 28.6 Å². The summed E-state index contributed by atoms with van der Waals surface area (Å²) in [5.41, 5.74) is 1.84. The molecule has 2 aromatic carbocycles. The Balaban J connectivity index is 2.26. The molecule has 23 heavy (non-hydrogen) atoms. The van der Waals surface area contributed by atoms with Crippen LogP contribution in [0.2, 0.25) is 0 Å². The SMILES string of the molecule is C=CCN=C(SC)N(Cc1ccccc1)Cc1ccccc1F. The van der Waals surface area contributed by atoms with E-state index in [1.165, 1.54) is 11.6 Å². The number of rotatable bonds is 6. The second-order valence-corrected chi connectivity index (χ2v) is 5.82. The lowest BCUT2D eigenvalue weighted by molar-refractivity contribution is 0.404. The maximum atomic E-state index is 14.0. The molecule has 0 aromatic heterocycles. The first kappa shape index (κ1) is 17.3.